The maximum absolute atomic E-state index is 13.0. The van der Waals surface area contributed by atoms with E-state index in [-0.39, 0.29) is 17.3 Å². The van der Waals surface area contributed by atoms with Gasteiger partial charge in [0, 0.05) is 16.8 Å². The Kier molecular flexibility index (Phi) is 8.01. The van der Waals surface area contributed by atoms with Gasteiger partial charge in [-0.2, -0.15) is 0 Å². The van der Waals surface area contributed by atoms with E-state index in [1.54, 1.807) is 32.0 Å². The molecule has 2 rings (SSSR count). The minimum atomic E-state index is -1.14. The molecule has 0 heterocycles. The van der Waals surface area contributed by atoms with E-state index in [0.717, 1.165) is 12.1 Å². The fraction of sp³-hybridized carbons (Fsp3) is 0.304. The predicted molar refractivity (Wildman–Crippen MR) is 113 cm³/mol. The van der Waals surface area contributed by atoms with E-state index < -0.39 is 35.7 Å². The van der Waals surface area contributed by atoms with E-state index in [2.05, 4.69) is 10.6 Å². The Balaban J connectivity index is 2.01. The standard InChI is InChI=1S/C23H25FN2O5/c1-13(2)20(26-22(29)16-8-10-18(24)11-9-16)23(30)31-15(4)21(28)25-19-7-5-6-17(12-19)14(3)27/h5-13,15,20H,1-4H3,(H,25,28)(H,26,29)/t15-,20+/m0/s1. The lowest BCUT2D eigenvalue weighted by atomic mass is 10.0. The lowest BCUT2D eigenvalue weighted by molar-refractivity contribution is -0.156. The summed E-state index contributed by atoms with van der Waals surface area (Å²) in [5.41, 5.74) is 1.02. The number of hydrogen-bond donors (Lipinski definition) is 2. The molecule has 164 valence electrons. The van der Waals surface area contributed by atoms with Crippen molar-refractivity contribution >= 4 is 29.3 Å². The van der Waals surface area contributed by atoms with Crippen LogP contribution in [-0.4, -0.2) is 35.7 Å². The molecule has 2 atom stereocenters. The molecule has 0 aliphatic rings. The number of ether oxygens (including phenoxy) is 1. The third-order valence-corrected chi connectivity index (χ3v) is 4.51. The number of nitrogens with one attached hydrogen (secondary N) is 2. The van der Waals surface area contributed by atoms with Crippen molar-refractivity contribution in [1.29, 1.82) is 0 Å². The second-order valence-corrected chi connectivity index (χ2v) is 7.41. The summed E-state index contributed by atoms with van der Waals surface area (Å²) < 4.78 is 18.3. The summed E-state index contributed by atoms with van der Waals surface area (Å²) in [6.07, 6.45) is -1.14. The zero-order valence-electron chi connectivity index (χ0n) is 17.8. The van der Waals surface area contributed by atoms with Gasteiger partial charge in [-0.25, -0.2) is 9.18 Å². The lowest BCUT2D eigenvalue weighted by Gasteiger charge is -2.23. The van der Waals surface area contributed by atoms with Crippen LogP contribution >= 0.6 is 0 Å². The molecule has 0 saturated heterocycles. The maximum atomic E-state index is 13.0. The molecule has 0 aromatic heterocycles. The number of benzene rings is 2. The Morgan fingerprint density at radius 3 is 2.16 bits per heavy atom. The molecule has 31 heavy (non-hydrogen) atoms. The average molecular weight is 428 g/mol. The first kappa shape index (κ1) is 23.7. The Hall–Kier alpha value is -3.55. The Labute approximate surface area is 180 Å². The summed E-state index contributed by atoms with van der Waals surface area (Å²) in [5.74, 6) is -2.86. The molecule has 2 N–H and O–H groups in total. The smallest absolute Gasteiger partial charge is 0.329 e. The highest BCUT2D eigenvalue weighted by atomic mass is 19.1. The number of rotatable bonds is 8. The van der Waals surface area contributed by atoms with Crippen molar-refractivity contribution in [3.63, 3.8) is 0 Å². The fourth-order valence-electron chi connectivity index (χ4n) is 2.68. The number of hydrogen-bond acceptors (Lipinski definition) is 5. The van der Waals surface area contributed by atoms with Gasteiger partial charge >= 0.3 is 5.97 Å². The molecule has 0 radical (unpaired) electrons. The normalized spacial score (nSPS) is 12.6. The molecular formula is C23H25FN2O5. The van der Waals surface area contributed by atoms with Gasteiger partial charge in [0.05, 0.1) is 0 Å². The number of halogens is 1. The van der Waals surface area contributed by atoms with Gasteiger partial charge in [-0.1, -0.05) is 26.0 Å². The van der Waals surface area contributed by atoms with Gasteiger partial charge in [0.1, 0.15) is 11.9 Å². The number of anilines is 1. The minimum Gasteiger partial charge on any atom is -0.451 e. The van der Waals surface area contributed by atoms with Crippen LogP contribution in [0.2, 0.25) is 0 Å². The molecule has 0 aliphatic heterocycles. The molecule has 0 aliphatic carbocycles. The Morgan fingerprint density at radius 1 is 0.935 bits per heavy atom. The number of carbonyl (C=O) groups excluding carboxylic acids is 4. The Bertz CT molecular complexity index is 972. The summed E-state index contributed by atoms with van der Waals surface area (Å²) in [6, 6.07) is 10.3. The molecule has 8 heteroatoms. The zero-order valence-corrected chi connectivity index (χ0v) is 17.8. The van der Waals surface area contributed by atoms with E-state index in [0.29, 0.717) is 11.3 Å². The van der Waals surface area contributed by atoms with E-state index >= 15 is 0 Å². The molecule has 2 aromatic carbocycles. The predicted octanol–water partition coefficient (Wildman–Crippen LogP) is 3.35. The quantitative estimate of drug-likeness (QED) is 0.496. The van der Waals surface area contributed by atoms with Crippen molar-refractivity contribution in [2.45, 2.75) is 39.8 Å². The fourth-order valence-corrected chi connectivity index (χ4v) is 2.68. The van der Waals surface area contributed by atoms with Gasteiger partial charge in [-0.3, -0.25) is 14.4 Å². The summed E-state index contributed by atoms with van der Waals surface area (Å²) in [4.78, 5) is 48.8. The molecule has 0 spiro atoms. The highest BCUT2D eigenvalue weighted by Crippen LogP contribution is 2.13. The number of amides is 2. The van der Waals surface area contributed by atoms with Crippen LogP contribution in [0.25, 0.3) is 0 Å². The van der Waals surface area contributed by atoms with Crippen LogP contribution in [0.5, 0.6) is 0 Å². The topological polar surface area (TPSA) is 102 Å². The summed E-state index contributed by atoms with van der Waals surface area (Å²) in [7, 11) is 0. The summed E-state index contributed by atoms with van der Waals surface area (Å²) in [6.45, 7) is 6.25. The van der Waals surface area contributed by atoms with Crippen LogP contribution in [0.3, 0.4) is 0 Å². The second-order valence-electron chi connectivity index (χ2n) is 7.41. The molecule has 0 unspecified atom stereocenters. The molecule has 7 nitrogen and oxygen atoms in total. The second kappa shape index (κ2) is 10.5. The van der Waals surface area contributed by atoms with Gasteiger partial charge in [0.25, 0.3) is 11.8 Å². The Morgan fingerprint density at radius 2 is 1.58 bits per heavy atom. The van der Waals surface area contributed by atoms with Crippen molar-refractivity contribution in [3.8, 4) is 0 Å². The van der Waals surface area contributed by atoms with Gasteiger partial charge in [-0.05, 0) is 56.2 Å². The van der Waals surface area contributed by atoms with E-state index in [1.165, 1.54) is 32.0 Å². The molecule has 2 amide bonds. The van der Waals surface area contributed by atoms with Crippen molar-refractivity contribution in [2.75, 3.05) is 5.32 Å². The van der Waals surface area contributed by atoms with Crippen LogP contribution in [0.4, 0.5) is 10.1 Å². The van der Waals surface area contributed by atoms with E-state index in [4.69, 9.17) is 4.74 Å². The summed E-state index contributed by atoms with van der Waals surface area (Å²) in [5, 5.41) is 5.15. The van der Waals surface area contributed by atoms with Crippen LogP contribution in [0.1, 0.15) is 48.4 Å². The third-order valence-electron chi connectivity index (χ3n) is 4.51. The van der Waals surface area contributed by atoms with Crippen LogP contribution in [0, 0.1) is 11.7 Å². The number of esters is 1. The molecule has 2 aromatic rings. The van der Waals surface area contributed by atoms with Crippen LogP contribution in [-0.2, 0) is 14.3 Å². The number of ketones is 1. The van der Waals surface area contributed by atoms with Crippen molar-refractivity contribution in [2.24, 2.45) is 5.92 Å². The number of carbonyl (C=O) groups is 4. The van der Waals surface area contributed by atoms with Gasteiger partial charge < -0.3 is 15.4 Å². The molecule has 0 saturated carbocycles. The zero-order chi connectivity index (χ0) is 23.1. The highest BCUT2D eigenvalue weighted by molar-refractivity contribution is 5.99. The molecule has 0 bridgehead atoms. The highest BCUT2D eigenvalue weighted by Gasteiger charge is 2.29. The molecule has 0 fully saturated rings. The van der Waals surface area contributed by atoms with Crippen LogP contribution < -0.4 is 10.6 Å². The van der Waals surface area contributed by atoms with Crippen LogP contribution in [0.15, 0.2) is 48.5 Å². The first-order valence-corrected chi connectivity index (χ1v) is 9.77. The first-order chi connectivity index (χ1) is 14.6. The van der Waals surface area contributed by atoms with Gasteiger partial charge in [0.2, 0.25) is 0 Å². The van der Waals surface area contributed by atoms with Crippen molar-refractivity contribution < 1.29 is 28.3 Å². The van der Waals surface area contributed by atoms with Gasteiger partial charge in [0.15, 0.2) is 11.9 Å². The number of Topliss-reactive ketones (excluding diaryl/α,β-unsaturated/α-hetero) is 1. The van der Waals surface area contributed by atoms with Gasteiger partial charge in [-0.15, -0.1) is 0 Å². The SMILES string of the molecule is CC(=O)c1cccc(NC(=O)[C@H](C)OC(=O)[C@H](NC(=O)c2ccc(F)cc2)C(C)C)c1. The third kappa shape index (κ3) is 6.74. The van der Waals surface area contributed by atoms with Crippen molar-refractivity contribution in [1.82, 2.24) is 5.32 Å². The average Bonchev–Trinajstić information content (AvgIpc) is 2.72. The minimum absolute atomic E-state index is 0.146. The van der Waals surface area contributed by atoms with E-state index in [9.17, 15) is 23.6 Å². The molecular weight excluding hydrogens is 403 g/mol. The first-order valence-electron chi connectivity index (χ1n) is 9.77. The van der Waals surface area contributed by atoms with E-state index in [1.807, 2.05) is 0 Å². The largest absolute Gasteiger partial charge is 0.451 e. The summed E-state index contributed by atoms with van der Waals surface area (Å²) >= 11 is 0. The monoisotopic (exact) mass is 428 g/mol. The lowest BCUT2D eigenvalue weighted by Crippen LogP contribution is -2.47. The van der Waals surface area contributed by atoms with Crippen molar-refractivity contribution in [3.05, 3.63) is 65.5 Å². The maximum Gasteiger partial charge on any atom is 0.329 e.